The molecule has 0 aliphatic rings. The highest BCUT2D eigenvalue weighted by atomic mass is 35.5. The summed E-state index contributed by atoms with van der Waals surface area (Å²) in [5, 5.41) is 19.3. The average Bonchev–Trinajstić information content (AvgIpc) is 2.73. The summed E-state index contributed by atoms with van der Waals surface area (Å²) < 4.78 is 1.77. The fourth-order valence-electron chi connectivity index (χ4n) is 2.26. The number of rotatable bonds is 5. The third-order valence-electron chi connectivity index (χ3n) is 3.46. The van der Waals surface area contributed by atoms with Gasteiger partial charge in [-0.15, -0.1) is 10.2 Å². The normalized spacial score (nSPS) is 11.8. The summed E-state index contributed by atoms with van der Waals surface area (Å²) in [5.74, 6) is 0.0177. The van der Waals surface area contributed by atoms with Crippen LogP contribution in [0.25, 0.3) is 10.9 Å². The van der Waals surface area contributed by atoms with Crippen LogP contribution < -0.4 is 5.73 Å². The number of thiocarbonyl (C=S) groups is 1. The van der Waals surface area contributed by atoms with Gasteiger partial charge in [-0.1, -0.05) is 25.4 Å². The van der Waals surface area contributed by atoms with Crippen molar-refractivity contribution < 1.29 is 5.11 Å². The van der Waals surface area contributed by atoms with Crippen molar-refractivity contribution in [2.45, 2.75) is 20.5 Å². The number of aromatic hydroxyl groups is 1. The predicted octanol–water partition coefficient (Wildman–Crippen LogP) is 3.63. The van der Waals surface area contributed by atoms with Crippen LogP contribution in [0.15, 0.2) is 28.4 Å². The number of nitrogens with zero attached hydrogens (tertiary/aromatic N) is 4. The summed E-state index contributed by atoms with van der Waals surface area (Å²) in [5.41, 5.74) is 6.49. The molecule has 0 amide bonds. The maximum atomic E-state index is 10.5. The number of nitrogens with two attached hydrogens (primary N) is 1. The molecular formula is C14H18ClN5OS. The van der Waals surface area contributed by atoms with Gasteiger partial charge in [-0.2, -0.15) is 0 Å². The van der Waals surface area contributed by atoms with E-state index >= 15 is 0 Å². The molecule has 6 nitrogen and oxygen atoms in total. The van der Waals surface area contributed by atoms with Crippen LogP contribution in [0.3, 0.4) is 0 Å². The molecule has 0 fully saturated rings. The van der Waals surface area contributed by atoms with E-state index in [9.17, 15) is 5.11 Å². The number of hydrogen-bond donors (Lipinski definition) is 2. The van der Waals surface area contributed by atoms with E-state index in [1.807, 2.05) is 6.07 Å². The van der Waals surface area contributed by atoms with E-state index in [1.165, 1.54) is 0 Å². The first-order valence-electron chi connectivity index (χ1n) is 6.92. The van der Waals surface area contributed by atoms with E-state index in [2.05, 4.69) is 29.0 Å². The molecule has 3 N–H and O–H groups in total. The number of aromatic nitrogens is 1. The maximum absolute atomic E-state index is 10.5. The number of benzene rings is 1. The second-order valence-corrected chi connectivity index (χ2v) is 5.60. The standard InChI is InChI=1S/C14H18ClN5OS/c1-3-19(4-2)8-20-11-6-5-9(15)7-10(11)12(13(20)21)17-18-14(16)22/h5-7,21H,3-4,8H2,1-2H3,(H2,16,22). The Morgan fingerprint density at radius 1 is 1.41 bits per heavy atom. The number of fused-ring (bicyclic) bond motifs is 1. The van der Waals surface area contributed by atoms with Crippen molar-refractivity contribution >= 4 is 45.5 Å². The quantitative estimate of drug-likeness (QED) is 0.644. The van der Waals surface area contributed by atoms with Crippen molar-refractivity contribution in [3.8, 4) is 5.88 Å². The molecule has 0 unspecified atom stereocenters. The minimum absolute atomic E-state index is 0.0177. The Balaban J connectivity index is 2.61. The van der Waals surface area contributed by atoms with Crippen LogP contribution in [-0.2, 0) is 6.67 Å². The molecule has 0 radical (unpaired) electrons. The van der Waals surface area contributed by atoms with E-state index in [-0.39, 0.29) is 11.0 Å². The van der Waals surface area contributed by atoms with E-state index in [0.717, 1.165) is 18.6 Å². The zero-order valence-electron chi connectivity index (χ0n) is 12.5. The molecular weight excluding hydrogens is 322 g/mol. The van der Waals surface area contributed by atoms with Gasteiger partial charge in [-0.05, 0) is 43.5 Å². The molecule has 2 aromatic rings. The topological polar surface area (TPSA) is 79.1 Å². The van der Waals surface area contributed by atoms with Gasteiger partial charge >= 0.3 is 0 Å². The van der Waals surface area contributed by atoms with Crippen LogP contribution in [0.5, 0.6) is 5.88 Å². The number of hydrogen-bond acceptors (Lipinski definition) is 4. The first kappa shape index (κ1) is 16.7. The highest BCUT2D eigenvalue weighted by molar-refractivity contribution is 7.80. The Labute approximate surface area is 139 Å². The van der Waals surface area contributed by atoms with Crippen LogP contribution in [0, 0.1) is 0 Å². The Bertz CT molecular complexity index is 724. The molecule has 22 heavy (non-hydrogen) atoms. The van der Waals surface area contributed by atoms with Gasteiger partial charge in [-0.3, -0.25) is 9.47 Å². The van der Waals surface area contributed by atoms with Crippen molar-refractivity contribution in [3.63, 3.8) is 0 Å². The van der Waals surface area contributed by atoms with Crippen molar-refractivity contribution in [2.24, 2.45) is 16.0 Å². The van der Waals surface area contributed by atoms with Crippen LogP contribution in [0.2, 0.25) is 5.02 Å². The van der Waals surface area contributed by atoms with Gasteiger partial charge in [0.25, 0.3) is 0 Å². The zero-order valence-corrected chi connectivity index (χ0v) is 14.0. The lowest BCUT2D eigenvalue weighted by Gasteiger charge is -2.20. The van der Waals surface area contributed by atoms with Gasteiger partial charge in [-0.25, -0.2) is 0 Å². The van der Waals surface area contributed by atoms with Crippen molar-refractivity contribution in [1.82, 2.24) is 9.47 Å². The monoisotopic (exact) mass is 339 g/mol. The lowest BCUT2D eigenvalue weighted by molar-refractivity contribution is 0.233. The number of halogens is 1. The van der Waals surface area contributed by atoms with Crippen LogP contribution >= 0.6 is 23.8 Å². The molecule has 0 aliphatic carbocycles. The summed E-state index contributed by atoms with van der Waals surface area (Å²) >= 11 is 10.7. The molecule has 1 heterocycles. The van der Waals surface area contributed by atoms with Gasteiger partial charge in [0.05, 0.1) is 12.2 Å². The van der Waals surface area contributed by atoms with Crippen LogP contribution in [0.1, 0.15) is 13.8 Å². The summed E-state index contributed by atoms with van der Waals surface area (Å²) in [6.45, 7) is 6.41. The smallest absolute Gasteiger partial charge is 0.221 e. The van der Waals surface area contributed by atoms with Crippen LogP contribution in [-0.4, -0.2) is 32.8 Å². The van der Waals surface area contributed by atoms with E-state index in [0.29, 0.717) is 22.8 Å². The molecule has 0 saturated carbocycles. The highest BCUT2D eigenvalue weighted by Gasteiger charge is 2.18. The fraction of sp³-hybridized carbons (Fsp3) is 0.357. The Morgan fingerprint density at radius 3 is 2.68 bits per heavy atom. The van der Waals surface area contributed by atoms with Crippen molar-refractivity contribution in [1.29, 1.82) is 0 Å². The first-order chi connectivity index (χ1) is 10.5. The summed E-state index contributed by atoms with van der Waals surface area (Å²) in [7, 11) is 0. The summed E-state index contributed by atoms with van der Waals surface area (Å²) in [6.07, 6.45) is 0. The van der Waals surface area contributed by atoms with E-state index in [1.54, 1.807) is 16.7 Å². The average molecular weight is 340 g/mol. The summed E-state index contributed by atoms with van der Waals surface area (Å²) in [6, 6.07) is 5.36. The second-order valence-electron chi connectivity index (χ2n) is 4.74. The SMILES string of the molecule is CCN(CC)Cn1c(O)c(N=NC(N)=S)c2cc(Cl)ccc21. The third kappa shape index (κ3) is 3.37. The molecule has 1 aromatic carbocycles. The molecule has 118 valence electrons. The van der Waals surface area contributed by atoms with Gasteiger partial charge in [0, 0.05) is 10.4 Å². The summed E-state index contributed by atoms with van der Waals surface area (Å²) in [4.78, 5) is 2.17. The molecule has 0 saturated heterocycles. The Kier molecular flexibility index (Phi) is 5.33. The zero-order chi connectivity index (χ0) is 16.3. The number of azo groups is 1. The van der Waals surface area contributed by atoms with Crippen LogP contribution in [0.4, 0.5) is 5.69 Å². The lowest BCUT2D eigenvalue weighted by atomic mass is 10.2. The Hall–Kier alpha value is -1.70. The van der Waals surface area contributed by atoms with E-state index < -0.39 is 0 Å². The minimum atomic E-state index is -0.0916. The second kappa shape index (κ2) is 7.04. The lowest BCUT2D eigenvalue weighted by Crippen LogP contribution is -2.25. The molecule has 8 heteroatoms. The molecule has 0 atom stereocenters. The molecule has 0 aliphatic heterocycles. The van der Waals surface area contributed by atoms with Crippen molar-refractivity contribution in [3.05, 3.63) is 23.2 Å². The van der Waals surface area contributed by atoms with E-state index in [4.69, 9.17) is 29.6 Å². The van der Waals surface area contributed by atoms with Gasteiger partial charge in [0.2, 0.25) is 11.0 Å². The largest absolute Gasteiger partial charge is 0.493 e. The highest BCUT2D eigenvalue weighted by Crippen LogP contribution is 2.40. The van der Waals surface area contributed by atoms with Crippen molar-refractivity contribution in [2.75, 3.05) is 13.1 Å². The van der Waals surface area contributed by atoms with Gasteiger partial charge in [0.15, 0.2) is 5.69 Å². The molecule has 0 bridgehead atoms. The molecule has 0 spiro atoms. The first-order valence-corrected chi connectivity index (χ1v) is 7.70. The molecule has 2 rings (SSSR count). The third-order valence-corrected chi connectivity index (χ3v) is 3.77. The maximum Gasteiger partial charge on any atom is 0.221 e. The predicted molar refractivity (Wildman–Crippen MR) is 92.8 cm³/mol. The van der Waals surface area contributed by atoms with Gasteiger partial charge in [0.1, 0.15) is 0 Å². The Morgan fingerprint density at radius 2 is 2.09 bits per heavy atom. The fourth-order valence-corrected chi connectivity index (χ4v) is 2.47. The minimum Gasteiger partial charge on any atom is -0.493 e. The molecule has 1 aromatic heterocycles. The van der Waals surface area contributed by atoms with Gasteiger partial charge < -0.3 is 10.8 Å².